The van der Waals surface area contributed by atoms with E-state index in [0.29, 0.717) is 30.4 Å². The van der Waals surface area contributed by atoms with E-state index >= 15 is 0 Å². The van der Waals surface area contributed by atoms with Crippen molar-refractivity contribution in [1.29, 1.82) is 0 Å². The van der Waals surface area contributed by atoms with Crippen LogP contribution in [-0.2, 0) is 6.42 Å². The van der Waals surface area contributed by atoms with Gasteiger partial charge in [0, 0.05) is 18.7 Å². The van der Waals surface area contributed by atoms with Gasteiger partial charge < -0.3 is 4.90 Å². The fourth-order valence-electron chi connectivity index (χ4n) is 1.79. The summed E-state index contributed by atoms with van der Waals surface area (Å²) in [5, 5.41) is 0. The molecule has 0 N–H and O–H groups in total. The molecule has 0 fully saturated rings. The Hall–Kier alpha value is -1.48. The van der Waals surface area contributed by atoms with Crippen LogP contribution < -0.4 is 0 Å². The van der Waals surface area contributed by atoms with Crippen molar-refractivity contribution in [3.8, 4) is 0 Å². The molecule has 0 aliphatic heterocycles. The molecule has 2 nitrogen and oxygen atoms in total. The first kappa shape index (κ1) is 13.6. The third kappa shape index (κ3) is 4.11. The summed E-state index contributed by atoms with van der Waals surface area (Å²) in [6.45, 7) is 7.27. The Morgan fingerprint density at radius 2 is 2.24 bits per heavy atom. The van der Waals surface area contributed by atoms with Crippen molar-refractivity contribution in [2.75, 3.05) is 20.1 Å². The molecular weight excluding hydrogens is 217 g/mol. The summed E-state index contributed by atoms with van der Waals surface area (Å²) in [5.41, 5.74) is 2.00. The summed E-state index contributed by atoms with van der Waals surface area (Å²) in [7, 11) is 1.95. The first-order valence-corrected chi connectivity index (χ1v) is 5.60. The molecule has 0 spiro atoms. The second-order valence-electron chi connectivity index (χ2n) is 4.37. The van der Waals surface area contributed by atoms with Crippen LogP contribution >= 0.6 is 0 Å². The average molecular weight is 235 g/mol. The lowest BCUT2D eigenvalue weighted by Gasteiger charge is -2.17. The number of likely N-dealkylation sites (N-methyl/N-ethyl adjacent to an activating group) is 1. The van der Waals surface area contributed by atoms with Gasteiger partial charge >= 0.3 is 0 Å². The fourth-order valence-corrected chi connectivity index (χ4v) is 1.79. The molecule has 0 aliphatic rings. The summed E-state index contributed by atoms with van der Waals surface area (Å²) in [6, 6.07) is 4.59. The Labute approximate surface area is 102 Å². The molecule has 0 atom stereocenters. The molecule has 92 valence electrons. The van der Waals surface area contributed by atoms with Crippen molar-refractivity contribution in [2.45, 2.75) is 13.3 Å². The third-order valence-corrected chi connectivity index (χ3v) is 2.57. The van der Waals surface area contributed by atoms with E-state index in [1.54, 1.807) is 12.1 Å². The monoisotopic (exact) mass is 235 g/mol. The summed E-state index contributed by atoms with van der Waals surface area (Å²) in [4.78, 5) is 12.9. The lowest BCUT2D eigenvalue weighted by Crippen LogP contribution is -2.23. The van der Waals surface area contributed by atoms with Gasteiger partial charge in [0.2, 0.25) is 0 Å². The number of rotatable bonds is 6. The highest BCUT2D eigenvalue weighted by atomic mass is 19.1. The number of hydrogen-bond acceptors (Lipinski definition) is 2. The molecule has 0 unspecified atom stereocenters. The SMILES string of the molecule is C=C(C)CN(C)CCc1c(F)cccc1C=O. The van der Waals surface area contributed by atoms with Crippen LogP contribution in [0.4, 0.5) is 4.39 Å². The van der Waals surface area contributed by atoms with Crippen LogP contribution in [0.5, 0.6) is 0 Å². The molecule has 0 heterocycles. The van der Waals surface area contributed by atoms with Gasteiger partial charge in [0.15, 0.2) is 0 Å². The first-order chi connectivity index (χ1) is 8.04. The largest absolute Gasteiger partial charge is 0.302 e. The number of aldehydes is 1. The van der Waals surface area contributed by atoms with E-state index in [1.165, 1.54) is 6.07 Å². The van der Waals surface area contributed by atoms with Crippen molar-refractivity contribution >= 4 is 6.29 Å². The van der Waals surface area contributed by atoms with E-state index in [1.807, 2.05) is 14.0 Å². The van der Waals surface area contributed by atoms with Crippen LogP contribution in [0.15, 0.2) is 30.4 Å². The highest BCUT2D eigenvalue weighted by Crippen LogP contribution is 2.13. The van der Waals surface area contributed by atoms with Gasteiger partial charge in [-0.3, -0.25) is 4.79 Å². The van der Waals surface area contributed by atoms with E-state index in [2.05, 4.69) is 11.5 Å². The van der Waals surface area contributed by atoms with Crippen molar-refractivity contribution in [3.63, 3.8) is 0 Å². The lowest BCUT2D eigenvalue weighted by molar-refractivity contribution is 0.112. The number of nitrogens with zero attached hydrogens (tertiary/aromatic N) is 1. The van der Waals surface area contributed by atoms with Gasteiger partial charge in [-0.2, -0.15) is 0 Å². The van der Waals surface area contributed by atoms with Crippen LogP contribution in [0.1, 0.15) is 22.8 Å². The molecule has 0 amide bonds. The number of hydrogen-bond donors (Lipinski definition) is 0. The minimum Gasteiger partial charge on any atom is -0.302 e. The molecule has 0 bridgehead atoms. The predicted octanol–water partition coefficient (Wildman–Crippen LogP) is 2.69. The van der Waals surface area contributed by atoms with Gasteiger partial charge in [0.05, 0.1) is 0 Å². The quantitative estimate of drug-likeness (QED) is 0.558. The minimum absolute atomic E-state index is 0.307. The van der Waals surface area contributed by atoms with Crippen LogP contribution in [0.2, 0.25) is 0 Å². The van der Waals surface area contributed by atoms with Gasteiger partial charge in [-0.1, -0.05) is 24.3 Å². The van der Waals surface area contributed by atoms with E-state index in [-0.39, 0.29) is 5.82 Å². The molecule has 1 rings (SSSR count). The highest BCUT2D eigenvalue weighted by molar-refractivity contribution is 5.77. The molecule has 3 heteroatoms. The Balaban J connectivity index is 2.68. The third-order valence-electron chi connectivity index (χ3n) is 2.57. The number of carbonyl (C=O) groups excluding carboxylic acids is 1. The summed E-state index contributed by atoms with van der Waals surface area (Å²) in [6.07, 6.45) is 1.24. The summed E-state index contributed by atoms with van der Waals surface area (Å²) < 4.78 is 13.6. The van der Waals surface area contributed by atoms with E-state index in [4.69, 9.17) is 0 Å². The van der Waals surface area contributed by atoms with E-state index in [9.17, 15) is 9.18 Å². The van der Waals surface area contributed by atoms with Gasteiger partial charge in [0.25, 0.3) is 0 Å². The number of benzene rings is 1. The smallest absolute Gasteiger partial charge is 0.150 e. The van der Waals surface area contributed by atoms with Crippen molar-refractivity contribution in [3.05, 3.63) is 47.3 Å². The van der Waals surface area contributed by atoms with Gasteiger partial charge in [0.1, 0.15) is 12.1 Å². The molecule has 1 aromatic carbocycles. The lowest BCUT2D eigenvalue weighted by atomic mass is 10.0. The number of halogens is 1. The zero-order valence-corrected chi connectivity index (χ0v) is 10.4. The fraction of sp³-hybridized carbons (Fsp3) is 0.357. The van der Waals surface area contributed by atoms with Crippen LogP contribution in [0.3, 0.4) is 0 Å². The zero-order chi connectivity index (χ0) is 12.8. The topological polar surface area (TPSA) is 20.3 Å². The summed E-state index contributed by atoms with van der Waals surface area (Å²) >= 11 is 0. The maximum Gasteiger partial charge on any atom is 0.150 e. The van der Waals surface area contributed by atoms with Crippen LogP contribution in [-0.4, -0.2) is 31.3 Å². The molecule has 0 aliphatic carbocycles. The van der Waals surface area contributed by atoms with Gasteiger partial charge in [-0.15, -0.1) is 0 Å². The average Bonchev–Trinajstić information content (AvgIpc) is 2.26. The Bertz CT molecular complexity index is 415. The standard InChI is InChI=1S/C14H18FNO/c1-11(2)9-16(3)8-7-13-12(10-17)5-4-6-14(13)15/h4-6,10H,1,7-9H2,2-3H3. The zero-order valence-electron chi connectivity index (χ0n) is 10.4. The van der Waals surface area contributed by atoms with Crippen LogP contribution in [0.25, 0.3) is 0 Å². The Kier molecular flexibility index (Phi) is 5.04. The molecule has 0 radical (unpaired) electrons. The maximum atomic E-state index is 13.6. The molecule has 0 saturated heterocycles. The second-order valence-corrected chi connectivity index (χ2v) is 4.37. The Morgan fingerprint density at radius 3 is 2.82 bits per heavy atom. The second kappa shape index (κ2) is 6.30. The predicted molar refractivity (Wildman–Crippen MR) is 67.8 cm³/mol. The van der Waals surface area contributed by atoms with Gasteiger partial charge in [-0.05, 0) is 32.0 Å². The summed E-state index contributed by atoms with van der Waals surface area (Å²) in [5.74, 6) is -0.307. The van der Waals surface area contributed by atoms with E-state index in [0.717, 1.165) is 12.1 Å². The maximum absolute atomic E-state index is 13.6. The normalized spacial score (nSPS) is 10.6. The van der Waals surface area contributed by atoms with Crippen molar-refractivity contribution in [2.24, 2.45) is 0 Å². The van der Waals surface area contributed by atoms with Crippen LogP contribution in [0, 0.1) is 5.82 Å². The Morgan fingerprint density at radius 1 is 1.53 bits per heavy atom. The molecule has 0 saturated carbocycles. The van der Waals surface area contributed by atoms with Gasteiger partial charge in [-0.25, -0.2) is 4.39 Å². The highest BCUT2D eigenvalue weighted by Gasteiger charge is 2.08. The first-order valence-electron chi connectivity index (χ1n) is 5.60. The molecular formula is C14H18FNO. The molecule has 0 aromatic heterocycles. The number of carbonyl (C=O) groups is 1. The molecule has 17 heavy (non-hydrogen) atoms. The van der Waals surface area contributed by atoms with Crippen molar-refractivity contribution < 1.29 is 9.18 Å². The molecule has 1 aromatic rings. The minimum atomic E-state index is -0.307. The van der Waals surface area contributed by atoms with E-state index < -0.39 is 0 Å². The van der Waals surface area contributed by atoms with Crippen molar-refractivity contribution in [1.82, 2.24) is 4.90 Å².